The van der Waals surface area contributed by atoms with Gasteiger partial charge in [-0.3, -0.25) is 0 Å². The topological polar surface area (TPSA) is 41.9 Å². The first-order valence-corrected chi connectivity index (χ1v) is 12.7. The molecule has 3 aromatic carbocycles. The van der Waals surface area contributed by atoms with Gasteiger partial charge in [0.2, 0.25) is 0 Å². The van der Waals surface area contributed by atoms with Gasteiger partial charge in [0.1, 0.15) is 17.2 Å². The summed E-state index contributed by atoms with van der Waals surface area (Å²) in [5.74, 6) is 2.30. The third-order valence-electron chi connectivity index (χ3n) is 7.21. The summed E-state index contributed by atoms with van der Waals surface area (Å²) in [6.07, 6.45) is 6.32. The van der Waals surface area contributed by atoms with Crippen LogP contribution in [0, 0.1) is 0 Å². The number of ether oxygens (including phenoxy) is 2. The predicted molar refractivity (Wildman–Crippen MR) is 136 cm³/mol. The van der Waals surface area contributed by atoms with Crippen molar-refractivity contribution in [2.24, 2.45) is 0 Å². The molecule has 1 fully saturated rings. The molecule has 2 aliphatic rings. The molecule has 1 saturated heterocycles. The molecule has 2 aliphatic heterocycles. The van der Waals surface area contributed by atoms with Crippen molar-refractivity contribution in [2.45, 2.75) is 43.9 Å². The molecule has 1 N–H and O–H groups in total. The van der Waals surface area contributed by atoms with E-state index in [1.165, 1.54) is 56.4 Å². The highest BCUT2D eigenvalue weighted by Gasteiger charge is 2.33. The lowest BCUT2D eigenvalue weighted by Gasteiger charge is -2.34. The standard InChI is InChI=1S/C30H35NO3/c32-25-13-16-27-29(21-25)34-22-28(23-9-3-1-4-10-23)30(27)24-11-14-26(15-12-24)33-20-8-2-5-17-31-18-6-7-19-31/h1,3-4,9-16,21,28,30,32H,2,5-8,17-20,22H2/t28-,30+/m0/s1. The number of unbranched alkanes of at least 4 members (excludes halogenated alkanes) is 2. The Bertz CT molecular complexity index is 1040. The lowest BCUT2D eigenvalue weighted by Crippen LogP contribution is -2.25. The summed E-state index contributed by atoms with van der Waals surface area (Å²) < 4.78 is 12.1. The summed E-state index contributed by atoms with van der Waals surface area (Å²) in [5, 5.41) is 9.96. The minimum atomic E-state index is 0.159. The van der Waals surface area contributed by atoms with Crippen LogP contribution in [0.4, 0.5) is 0 Å². The molecule has 0 radical (unpaired) electrons. The Morgan fingerprint density at radius 2 is 1.65 bits per heavy atom. The summed E-state index contributed by atoms with van der Waals surface area (Å²) in [6, 6.07) is 24.6. The molecule has 5 rings (SSSR count). The van der Waals surface area contributed by atoms with Gasteiger partial charge >= 0.3 is 0 Å². The summed E-state index contributed by atoms with van der Waals surface area (Å²) in [6.45, 7) is 5.16. The van der Waals surface area contributed by atoms with E-state index in [2.05, 4.69) is 53.4 Å². The van der Waals surface area contributed by atoms with E-state index in [-0.39, 0.29) is 17.6 Å². The maximum Gasteiger partial charge on any atom is 0.126 e. The number of rotatable bonds is 9. The van der Waals surface area contributed by atoms with Gasteiger partial charge in [0.15, 0.2) is 0 Å². The van der Waals surface area contributed by atoms with E-state index in [9.17, 15) is 5.11 Å². The zero-order valence-corrected chi connectivity index (χ0v) is 19.9. The normalized spacial score (nSPS) is 20.0. The van der Waals surface area contributed by atoms with Gasteiger partial charge in [-0.05, 0) is 81.1 Å². The zero-order chi connectivity index (χ0) is 23.2. The van der Waals surface area contributed by atoms with Crippen LogP contribution in [0.2, 0.25) is 0 Å². The molecule has 178 valence electrons. The number of nitrogens with zero attached hydrogens (tertiary/aromatic N) is 1. The maximum absolute atomic E-state index is 9.96. The lowest BCUT2D eigenvalue weighted by molar-refractivity contribution is 0.247. The van der Waals surface area contributed by atoms with Gasteiger partial charge in [-0.2, -0.15) is 0 Å². The Kier molecular flexibility index (Phi) is 7.35. The SMILES string of the molecule is Oc1ccc2c(c1)OC[C@@H](c1ccccc1)[C@@H]2c1ccc(OCCCCCN2CCCC2)cc1. The summed E-state index contributed by atoms with van der Waals surface area (Å²) >= 11 is 0. The molecule has 0 saturated carbocycles. The highest BCUT2D eigenvalue weighted by molar-refractivity contribution is 5.50. The number of aromatic hydroxyl groups is 1. The molecule has 4 nitrogen and oxygen atoms in total. The highest BCUT2D eigenvalue weighted by atomic mass is 16.5. The fourth-order valence-electron chi connectivity index (χ4n) is 5.38. The third kappa shape index (κ3) is 5.39. The molecule has 0 spiro atoms. The van der Waals surface area contributed by atoms with Crippen LogP contribution < -0.4 is 9.47 Å². The van der Waals surface area contributed by atoms with Crippen LogP contribution >= 0.6 is 0 Å². The van der Waals surface area contributed by atoms with Crippen LogP contribution in [0.3, 0.4) is 0 Å². The number of hydrogen-bond acceptors (Lipinski definition) is 4. The second-order valence-corrected chi connectivity index (χ2v) is 9.55. The van der Waals surface area contributed by atoms with E-state index in [1.807, 2.05) is 12.1 Å². The average molecular weight is 458 g/mol. The van der Waals surface area contributed by atoms with Crippen molar-refractivity contribution in [1.82, 2.24) is 4.90 Å². The molecule has 3 aromatic rings. The monoisotopic (exact) mass is 457 g/mol. The molecule has 0 aliphatic carbocycles. The first-order valence-electron chi connectivity index (χ1n) is 12.7. The van der Waals surface area contributed by atoms with E-state index >= 15 is 0 Å². The number of benzene rings is 3. The van der Waals surface area contributed by atoms with E-state index < -0.39 is 0 Å². The number of fused-ring (bicyclic) bond motifs is 1. The van der Waals surface area contributed by atoms with Gasteiger partial charge in [-0.1, -0.05) is 48.5 Å². The molecular formula is C30H35NO3. The quantitative estimate of drug-likeness (QED) is 0.381. The van der Waals surface area contributed by atoms with Crippen LogP contribution in [0.1, 0.15) is 60.6 Å². The van der Waals surface area contributed by atoms with E-state index in [1.54, 1.807) is 12.1 Å². The van der Waals surface area contributed by atoms with Gasteiger partial charge in [0.05, 0.1) is 13.2 Å². The number of phenolic OH excluding ortho intramolecular Hbond substituents is 1. The Hall–Kier alpha value is -2.98. The van der Waals surface area contributed by atoms with E-state index in [4.69, 9.17) is 9.47 Å². The van der Waals surface area contributed by atoms with Crippen molar-refractivity contribution >= 4 is 0 Å². The lowest BCUT2D eigenvalue weighted by atomic mass is 9.76. The molecule has 2 heterocycles. The highest BCUT2D eigenvalue weighted by Crippen LogP contribution is 2.47. The fraction of sp³-hybridized carbons (Fsp3) is 0.400. The van der Waals surface area contributed by atoms with Crippen LogP contribution in [-0.4, -0.2) is 42.9 Å². The van der Waals surface area contributed by atoms with Crippen LogP contribution in [-0.2, 0) is 0 Å². The van der Waals surface area contributed by atoms with Gasteiger partial charge < -0.3 is 19.5 Å². The zero-order valence-electron chi connectivity index (χ0n) is 19.9. The van der Waals surface area contributed by atoms with E-state index in [0.29, 0.717) is 6.61 Å². The van der Waals surface area contributed by atoms with Crippen molar-refractivity contribution in [1.29, 1.82) is 0 Å². The summed E-state index contributed by atoms with van der Waals surface area (Å²) in [5.41, 5.74) is 3.62. The predicted octanol–water partition coefficient (Wildman–Crippen LogP) is 6.35. The summed E-state index contributed by atoms with van der Waals surface area (Å²) in [7, 11) is 0. The van der Waals surface area contributed by atoms with Crippen LogP contribution in [0.25, 0.3) is 0 Å². The minimum absolute atomic E-state index is 0.159. The van der Waals surface area contributed by atoms with Crippen LogP contribution in [0.5, 0.6) is 17.2 Å². The first-order chi connectivity index (χ1) is 16.8. The molecule has 2 atom stereocenters. The van der Waals surface area contributed by atoms with Gasteiger partial charge in [0, 0.05) is 23.5 Å². The van der Waals surface area contributed by atoms with Crippen molar-refractivity contribution in [3.63, 3.8) is 0 Å². The maximum atomic E-state index is 9.96. The molecule has 0 bridgehead atoms. The molecule has 0 amide bonds. The Balaban J connectivity index is 1.24. The molecule has 34 heavy (non-hydrogen) atoms. The Labute approximate surface area is 203 Å². The Morgan fingerprint density at radius 1 is 0.853 bits per heavy atom. The smallest absolute Gasteiger partial charge is 0.126 e. The fourth-order valence-corrected chi connectivity index (χ4v) is 5.38. The third-order valence-corrected chi connectivity index (χ3v) is 7.21. The second kappa shape index (κ2) is 11.0. The molecular weight excluding hydrogens is 422 g/mol. The van der Waals surface area contributed by atoms with Crippen molar-refractivity contribution in [3.05, 3.63) is 89.5 Å². The molecule has 0 aromatic heterocycles. The van der Waals surface area contributed by atoms with Gasteiger partial charge in [-0.15, -0.1) is 0 Å². The van der Waals surface area contributed by atoms with Crippen molar-refractivity contribution < 1.29 is 14.6 Å². The van der Waals surface area contributed by atoms with Crippen LogP contribution in [0.15, 0.2) is 72.8 Å². The van der Waals surface area contributed by atoms with Crippen molar-refractivity contribution in [2.75, 3.05) is 32.8 Å². The molecule has 4 heteroatoms. The molecule has 0 unspecified atom stereocenters. The first kappa shape index (κ1) is 22.8. The number of hydrogen-bond donors (Lipinski definition) is 1. The average Bonchev–Trinajstić information content (AvgIpc) is 3.40. The number of likely N-dealkylation sites (tertiary alicyclic amines) is 1. The van der Waals surface area contributed by atoms with Gasteiger partial charge in [0.25, 0.3) is 0 Å². The van der Waals surface area contributed by atoms with E-state index in [0.717, 1.165) is 30.1 Å². The summed E-state index contributed by atoms with van der Waals surface area (Å²) in [4.78, 5) is 2.58. The van der Waals surface area contributed by atoms with Gasteiger partial charge in [-0.25, -0.2) is 0 Å². The second-order valence-electron chi connectivity index (χ2n) is 9.55. The minimum Gasteiger partial charge on any atom is -0.508 e. The Morgan fingerprint density at radius 3 is 2.44 bits per heavy atom. The number of phenols is 1. The van der Waals surface area contributed by atoms with Crippen molar-refractivity contribution in [3.8, 4) is 17.2 Å². The largest absolute Gasteiger partial charge is 0.508 e.